The fourth-order valence-corrected chi connectivity index (χ4v) is 6.64. The van der Waals surface area contributed by atoms with Gasteiger partial charge in [-0.25, -0.2) is 4.39 Å². The molecule has 37 heavy (non-hydrogen) atoms. The number of hydrogen-bond acceptors (Lipinski definition) is 4. The second-order valence-electron chi connectivity index (χ2n) is 9.50. The summed E-state index contributed by atoms with van der Waals surface area (Å²) >= 11 is 8.12. The number of hydrogen-bond donors (Lipinski definition) is 1. The van der Waals surface area contributed by atoms with E-state index in [0.717, 1.165) is 52.6 Å². The van der Waals surface area contributed by atoms with Crippen LogP contribution in [0.3, 0.4) is 0 Å². The summed E-state index contributed by atoms with van der Waals surface area (Å²) < 4.78 is 21.4. The number of amides is 1. The van der Waals surface area contributed by atoms with Crippen molar-refractivity contribution in [3.63, 3.8) is 0 Å². The zero-order valence-corrected chi connectivity index (χ0v) is 22.5. The van der Waals surface area contributed by atoms with E-state index in [9.17, 15) is 4.79 Å². The lowest BCUT2D eigenvalue weighted by molar-refractivity contribution is 0.0604. The van der Waals surface area contributed by atoms with Gasteiger partial charge >= 0.3 is 0 Å². The van der Waals surface area contributed by atoms with Gasteiger partial charge in [-0.05, 0) is 74.2 Å². The third-order valence-corrected chi connectivity index (χ3v) is 9.01. The van der Waals surface area contributed by atoms with Crippen LogP contribution < -0.4 is 10.1 Å². The van der Waals surface area contributed by atoms with Crippen LogP contribution in [0.5, 0.6) is 5.75 Å². The smallest absolute Gasteiger partial charge is 0.266 e. The van der Waals surface area contributed by atoms with Gasteiger partial charge in [0.15, 0.2) is 0 Å². The first-order chi connectivity index (χ1) is 18.0. The summed E-state index contributed by atoms with van der Waals surface area (Å²) in [7, 11) is 3.61. The van der Waals surface area contributed by atoms with Gasteiger partial charge in [0.25, 0.3) is 5.91 Å². The summed E-state index contributed by atoms with van der Waals surface area (Å²) in [5.74, 6) is 0.315. The molecule has 1 heterocycles. The highest BCUT2D eigenvalue weighted by Crippen LogP contribution is 2.38. The van der Waals surface area contributed by atoms with E-state index in [2.05, 4.69) is 5.32 Å². The zero-order chi connectivity index (χ0) is 25.9. The van der Waals surface area contributed by atoms with Crippen LogP contribution in [0.1, 0.15) is 40.9 Å². The third-order valence-electron chi connectivity index (χ3n) is 7.35. The second-order valence-corrected chi connectivity index (χ2v) is 10.9. The summed E-state index contributed by atoms with van der Waals surface area (Å²) in [5, 5.41) is 4.71. The van der Waals surface area contributed by atoms with Crippen LogP contribution in [0.15, 0.2) is 66.7 Å². The Balaban J connectivity index is 1.49. The molecular weight excluding hydrogens is 507 g/mol. The van der Waals surface area contributed by atoms with Crippen molar-refractivity contribution in [3.05, 3.63) is 88.0 Å². The number of nitrogens with one attached hydrogen (secondary N) is 1. The number of carbonyl (C=O) groups excluding carboxylic acids is 1. The van der Waals surface area contributed by atoms with E-state index in [1.807, 2.05) is 66.5 Å². The maximum atomic E-state index is 15.2. The van der Waals surface area contributed by atoms with Crippen LogP contribution >= 0.6 is 22.9 Å². The predicted octanol–water partition coefficient (Wildman–Crippen LogP) is 7.54. The van der Waals surface area contributed by atoms with Crippen molar-refractivity contribution in [1.82, 2.24) is 10.2 Å². The van der Waals surface area contributed by atoms with Crippen molar-refractivity contribution in [2.75, 3.05) is 14.2 Å². The number of benzene rings is 3. The van der Waals surface area contributed by atoms with Gasteiger partial charge in [-0.3, -0.25) is 4.79 Å². The fourth-order valence-electron chi connectivity index (χ4n) is 5.17. The molecule has 1 amide bonds. The normalized spacial score (nSPS) is 17.6. The Morgan fingerprint density at radius 3 is 2.43 bits per heavy atom. The van der Waals surface area contributed by atoms with Gasteiger partial charge in [0.05, 0.1) is 12.1 Å². The molecule has 0 radical (unpaired) electrons. The average molecular weight is 537 g/mol. The number of rotatable bonds is 7. The van der Waals surface area contributed by atoms with Crippen molar-refractivity contribution < 1.29 is 13.9 Å². The molecular formula is C30H30ClFN2O2S. The fraction of sp³-hybridized carbons (Fsp3) is 0.300. The topological polar surface area (TPSA) is 41.6 Å². The molecule has 0 aliphatic heterocycles. The molecule has 0 saturated heterocycles. The number of ether oxygens (including phenoxy) is 1. The molecule has 0 unspecified atom stereocenters. The molecule has 4 nitrogen and oxygen atoms in total. The molecule has 4 aromatic rings. The van der Waals surface area contributed by atoms with E-state index in [0.29, 0.717) is 21.5 Å². The van der Waals surface area contributed by atoms with Gasteiger partial charge in [-0.1, -0.05) is 48.0 Å². The summed E-state index contributed by atoms with van der Waals surface area (Å²) in [5.41, 5.74) is 2.35. The van der Waals surface area contributed by atoms with Gasteiger partial charge in [0.1, 0.15) is 16.4 Å². The molecule has 1 saturated carbocycles. The Bertz CT molecular complexity index is 1400. The maximum absolute atomic E-state index is 15.2. The number of carbonyl (C=O) groups is 1. The minimum Gasteiger partial charge on any atom is -0.497 e. The first-order valence-corrected chi connectivity index (χ1v) is 13.8. The van der Waals surface area contributed by atoms with Crippen molar-refractivity contribution in [1.29, 1.82) is 0 Å². The van der Waals surface area contributed by atoms with Crippen LogP contribution in [-0.4, -0.2) is 37.0 Å². The number of methoxy groups -OCH3 is 1. The lowest BCUT2D eigenvalue weighted by Gasteiger charge is -2.37. The van der Waals surface area contributed by atoms with E-state index in [-0.39, 0.29) is 24.3 Å². The summed E-state index contributed by atoms with van der Waals surface area (Å²) in [6.07, 6.45) is 3.66. The molecule has 1 N–H and O–H groups in total. The molecule has 1 aliphatic rings. The highest BCUT2D eigenvalue weighted by atomic mass is 35.5. The molecule has 0 bridgehead atoms. The van der Waals surface area contributed by atoms with E-state index in [4.69, 9.17) is 16.3 Å². The molecule has 1 aliphatic carbocycles. The molecule has 1 aromatic heterocycles. The van der Waals surface area contributed by atoms with E-state index < -0.39 is 0 Å². The molecule has 7 heteroatoms. The monoisotopic (exact) mass is 536 g/mol. The Morgan fingerprint density at radius 2 is 1.76 bits per heavy atom. The van der Waals surface area contributed by atoms with E-state index in [1.54, 1.807) is 13.2 Å². The Morgan fingerprint density at radius 1 is 1.05 bits per heavy atom. The lowest BCUT2D eigenvalue weighted by Crippen LogP contribution is -2.44. The zero-order valence-electron chi connectivity index (χ0n) is 21.0. The summed E-state index contributed by atoms with van der Waals surface area (Å²) in [6, 6.07) is 21.0. The second kappa shape index (κ2) is 11.2. The van der Waals surface area contributed by atoms with Crippen LogP contribution in [-0.2, 0) is 6.54 Å². The first kappa shape index (κ1) is 25.7. The lowest BCUT2D eigenvalue weighted by atomic mass is 9.89. The minimum absolute atomic E-state index is 0.0161. The molecule has 0 spiro atoms. The van der Waals surface area contributed by atoms with Crippen molar-refractivity contribution in [3.8, 4) is 16.9 Å². The highest BCUT2D eigenvalue weighted by molar-refractivity contribution is 7.21. The number of halogens is 2. The maximum Gasteiger partial charge on any atom is 0.266 e. The third kappa shape index (κ3) is 5.37. The first-order valence-electron chi connectivity index (χ1n) is 12.6. The van der Waals surface area contributed by atoms with Gasteiger partial charge in [-0.2, -0.15) is 0 Å². The van der Waals surface area contributed by atoms with Crippen LogP contribution in [0.25, 0.3) is 21.2 Å². The van der Waals surface area contributed by atoms with Gasteiger partial charge in [0, 0.05) is 34.3 Å². The van der Waals surface area contributed by atoms with Gasteiger partial charge < -0.3 is 15.0 Å². The standard InChI is InChI=1S/C30H30ClFN2O2S/c1-33-22-10-12-23(13-11-22)34(30(35)29-28(31)25-5-3-4-6-27(25)37-29)18-21-17-20(9-16-26(21)32)19-7-14-24(36-2)15-8-19/h3-9,14-17,22-23,33H,10-13,18H2,1-2H3. The molecule has 0 atom stereocenters. The average Bonchev–Trinajstić information content (AvgIpc) is 3.29. The SMILES string of the molecule is CNC1CCC(N(Cc2cc(-c3ccc(OC)cc3)ccc2F)C(=O)c2sc3ccccc3c2Cl)CC1. The van der Waals surface area contributed by atoms with E-state index in [1.165, 1.54) is 17.4 Å². The number of thiophene rings is 1. The summed E-state index contributed by atoms with van der Waals surface area (Å²) in [6.45, 7) is 0.189. The summed E-state index contributed by atoms with van der Waals surface area (Å²) in [4.78, 5) is 16.4. The predicted molar refractivity (Wildman–Crippen MR) is 150 cm³/mol. The van der Waals surface area contributed by atoms with Crippen LogP contribution in [0.4, 0.5) is 4.39 Å². The van der Waals surface area contributed by atoms with Crippen LogP contribution in [0, 0.1) is 5.82 Å². The molecule has 3 aromatic carbocycles. The molecule has 192 valence electrons. The number of nitrogens with zero attached hydrogens (tertiary/aromatic N) is 1. The minimum atomic E-state index is -0.318. The Labute approximate surface area is 226 Å². The number of fused-ring (bicyclic) bond motifs is 1. The van der Waals surface area contributed by atoms with Gasteiger partial charge in [0.2, 0.25) is 0 Å². The quantitative estimate of drug-likeness (QED) is 0.265. The van der Waals surface area contributed by atoms with E-state index >= 15 is 4.39 Å². The Kier molecular flexibility index (Phi) is 7.79. The molecule has 5 rings (SSSR count). The highest BCUT2D eigenvalue weighted by Gasteiger charge is 2.32. The molecule has 1 fully saturated rings. The van der Waals surface area contributed by atoms with Crippen molar-refractivity contribution >= 4 is 38.9 Å². The van der Waals surface area contributed by atoms with Crippen molar-refractivity contribution in [2.24, 2.45) is 0 Å². The van der Waals surface area contributed by atoms with Crippen molar-refractivity contribution in [2.45, 2.75) is 44.3 Å². The van der Waals surface area contributed by atoms with Crippen LogP contribution in [0.2, 0.25) is 5.02 Å². The largest absolute Gasteiger partial charge is 0.497 e. The Hall–Kier alpha value is -2.93. The van der Waals surface area contributed by atoms with Gasteiger partial charge in [-0.15, -0.1) is 11.3 Å².